The summed E-state index contributed by atoms with van der Waals surface area (Å²) >= 11 is 6.19. The Kier molecular flexibility index (Phi) is 10.3. The predicted octanol–water partition coefficient (Wildman–Crippen LogP) is 6.09. The second kappa shape index (κ2) is 13.6. The zero-order chi connectivity index (χ0) is 25.3. The molecule has 1 aromatic rings. The van der Waals surface area contributed by atoms with E-state index in [9.17, 15) is 0 Å². The van der Waals surface area contributed by atoms with Crippen LogP contribution in [-0.4, -0.2) is 49.6 Å². The fraction of sp³-hybridized carbons (Fsp3) is 0.633. The second-order valence-corrected chi connectivity index (χ2v) is 11.2. The lowest BCUT2D eigenvalue weighted by Gasteiger charge is -2.36. The van der Waals surface area contributed by atoms with Crippen LogP contribution in [0.4, 0.5) is 0 Å². The molecule has 2 fully saturated rings. The maximum atomic E-state index is 6.19. The minimum absolute atomic E-state index is 0.362. The van der Waals surface area contributed by atoms with Crippen LogP contribution in [0.2, 0.25) is 0 Å². The molecule has 0 bridgehead atoms. The first-order valence-electron chi connectivity index (χ1n) is 14.1. The van der Waals surface area contributed by atoms with E-state index >= 15 is 0 Å². The fourth-order valence-electron chi connectivity index (χ4n) is 5.83. The zero-order valence-corrected chi connectivity index (χ0v) is 23.2. The summed E-state index contributed by atoms with van der Waals surface area (Å²) in [6, 6.07) is 5.05. The molecule has 0 saturated carbocycles. The molecule has 36 heavy (non-hydrogen) atoms. The SMILES string of the molecule is CCC1C=CC(Cl)=CN=C1N1CCC(CCCOc2cc(C)c(CNCC3CCCN3)c(C)c2)CC1. The van der Waals surface area contributed by atoms with Gasteiger partial charge in [0.15, 0.2) is 0 Å². The number of halogens is 1. The molecule has 2 atom stereocenters. The first-order valence-corrected chi connectivity index (χ1v) is 14.4. The summed E-state index contributed by atoms with van der Waals surface area (Å²) in [4.78, 5) is 7.20. The Hall–Kier alpha value is -1.82. The molecule has 4 rings (SSSR count). The average molecular weight is 513 g/mol. The predicted molar refractivity (Wildman–Crippen MR) is 152 cm³/mol. The van der Waals surface area contributed by atoms with Crippen molar-refractivity contribution in [2.45, 2.75) is 78.3 Å². The minimum atomic E-state index is 0.362. The van der Waals surface area contributed by atoms with Crippen molar-refractivity contribution in [2.24, 2.45) is 16.8 Å². The molecule has 1 aromatic carbocycles. The Morgan fingerprint density at radius 3 is 2.64 bits per heavy atom. The molecule has 6 heteroatoms. The third-order valence-corrected chi connectivity index (χ3v) is 8.29. The summed E-state index contributed by atoms with van der Waals surface area (Å²) in [5, 5.41) is 7.92. The van der Waals surface area contributed by atoms with Gasteiger partial charge in [-0.05, 0) is 106 Å². The van der Waals surface area contributed by atoms with E-state index in [1.54, 1.807) is 6.20 Å². The number of piperidine rings is 1. The van der Waals surface area contributed by atoms with E-state index in [1.165, 1.54) is 54.6 Å². The number of allylic oxidation sites excluding steroid dienone is 2. The lowest BCUT2D eigenvalue weighted by atomic mass is 9.91. The van der Waals surface area contributed by atoms with Crippen LogP contribution in [0.1, 0.15) is 68.6 Å². The van der Waals surface area contributed by atoms with Gasteiger partial charge in [-0.1, -0.05) is 24.6 Å². The van der Waals surface area contributed by atoms with Crippen molar-refractivity contribution in [1.82, 2.24) is 15.5 Å². The zero-order valence-electron chi connectivity index (χ0n) is 22.5. The monoisotopic (exact) mass is 512 g/mol. The largest absolute Gasteiger partial charge is 0.494 e. The number of nitrogens with one attached hydrogen (secondary N) is 2. The van der Waals surface area contributed by atoms with Gasteiger partial charge in [0.1, 0.15) is 11.6 Å². The highest BCUT2D eigenvalue weighted by molar-refractivity contribution is 6.31. The molecule has 198 valence electrons. The van der Waals surface area contributed by atoms with E-state index in [2.05, 4.69) is 54.5 Å². The van der Waals surface area contributed by atoms with Gasteiger partial charge in [-0.3, -0.25) is 0 Å². The maximum absolute atomic E-state index is 6.19. The molecular formula is C30H45ClN4O. The fourth-order valence-corrected chi connectivity index (χ4v) is 5.95. The van der Waals surface area contributed by atoms with Crippen LogP contribution in [0.5, 0.6) is 5.75 Å². The molecule has 0 amide bonds. The molecule has 2 unspecified atom stereocenters. The van der Waals surface area contributed by atoms with E-state index in [0.717, 1.165) is 63.8 Å². The van der Waals surface area contributed by atoms with E-state index < -0.39 is 0 Å². The number of hydrogen-bond donors (Lipinski definition) is 2. The highest BCUT2D eigenvalue weighted by atomic mass is 35.5. The number of aliphatic imine (C=N–C) groups is 1. The van der Waals surface area contributed by atoms with Crippen LogP contribution in [-0.2, 0) is 6.54 Å². The number of hydrogen-bond acceptors (Lipinski definition) is 5. The summed E-state index contributed by atoms with van der Waals surface area (Å²) in [6.45, 7) is 12.7. The summed E-state index contributed by atoms with van der Waals surface area (Å²) in [5.41, 5.74) is 4.05. The molecule has 0 radical (unpaired) electrons. The van der Waals surface area contributed by atoms with Crippen LogP contribution in [0.3, 0.4) is 0 Å². The summed E-state index contributed by atoms with van der Waals surface area (Å²) in [6.07, 6.45) is 14.4. The van der Waals surface area contributed by atoms with Gasteiger partial charge in [-0.15, -0.1) is 0 Å². The van der Waals surface area contributed by atoms with Gasteiger partial charge in [0.05, 0.1) is 11.6 Å². The van der Waals surface area contributed by atoms with Gasteiger partial charge in [-0.25, -0.2) is 4.99 Å². The number of rotatable bonds is 10. The normalized spacial score (nSPS) is 22.9. The molecule has 0 aromatic heterocycles. The number of ether oxygens (including phenoxy) is 1. The summed E-state index contributed by atoms with van der Waals surface area (Å²) in [5.74, 6) is 3.33. The number of aryl methyl sites for hydroxylation is 2. The van der Waals surface area contributed by atoms with Gasteiger partial charge in [-0.2, -0.15) is 0 Å². The quantitative estimate of drug-likeness (QED) is 0.372. The number of nitrogens with zero attached hydrogens (tertiary/aromatic N) is 2. The molecule has 0 aliphatic carbocycles. The standard InChI is InChI=1S/C30H45ClN4O/c1-4-25-9-10-26(31)19-34-30(25)35-14-11-24(12-15-35)7-6-16-36-28-17-22(2)29(23(3)18-28)21-32-20-27-8-5-13-33-27/h9-10,17-19,24-25,27,32-33H,4-8,11-16,20-21H2,1-3H3. The van der Waals surface area contributed by atoms with Crippen molar-refractivity contribution < 1.29 is 4.74 Å². The smallest absolute Gasteiger partial charge is 0.119 e. The van der Waals surface area contributed by atoms with Crippen molar-refractivity contribution in [2.75, 3.05) is 32.8 Å². The molecule has 3 aliphatic rings. The Labute approximate surface area is 223 Å². The summed E-state index contributed by atoms with van der Waals surface area (Å²) in [7, 11) is 0. The molecule has 3 heterocycles. The number of likely N-dealkylation sites (tertiary alicyclic amines) is 1. The van der Waals surface area contributed by atoms with Crippen LogP contribution in [0.25, 0.3) is 0 Å². The molecule has 2 N–H and O–H groups in total. The second-order valence-electron chi connectivity index (χ2n) is 10.8. The van der Waals surface area contributed by atoms with Gasteiger partial charge in [0.25, 0.3) is 0 Å². The van der Waals surface area contributed by atoms with Gasteiger partial charge < -0.3 is 20.3 Å². The van der Waals surface area contributed by atoms with Crippen molar-refractivity contribution in [3.8, 4) is 5.75 Å². The third kappa shape index (κ3) is 7.60. The van der Waals surface area contributed by atoms with Crippen LogP contribution < -0.4 is 15.4 Å². The first kappa shape index (κ1) is 27.2. The van der Waals surface area contributed by atoms with Crippen molar-refractivity contribution in [3.63, 3.8) is 0 Å². The van der Waals surface area contributed by atoms with E-state index in [-0.39, 0.29) is 0 Å². The van der Waals surface area contributed by atoms with Crippen LogP contribution >= 0.6 is 11.6 Å². The molecule has 3 aliphatic heterocycles. The van der Waals surface area contributed by atoms with Gasteiger partial charge in [0.2, 0.25) is 0 Å². The van der Waals surface area contributed by atoms with E-state index in [4.69, 9.17) is 21.3 Å². The maximum Gasteiger partial charge on any atom is 0.119 e. The highest BCUT2D eigenvalue weighted by Gasteiger charge is 2.25. The highest BCUT2D eigenvalue weighted by Crippen LogP contribution is 2.27. The van der Waals surface area contributed by atoms with Crippen molar-refractivity contribution in [3.05, 3.63) is 52.2 Å². The topological polar surface area (TPSA) is 48.9 Å². The van der Waals surface area contributed by atoms with E-state index in [0.29, 0.717) is 17.0 Å². The number of amidine groups is 1. The lowest BCUT2D eigenvalue weighted by molar-refractivity contribution is 0.229. The molecule has 0 spiro atoms. The van der Waals surface area contributed by atoms with Crippen molar-refractivity contribution >= 4 is 17.4 Å². The Morgan fingerprint density at radius 2 is 1.94 bits per heavy atom. The average Bonchev–Trinajstić information content (AvgIpc) is 3.32. The van der Waals surface area contributed by atoms with Gasteiger partial charge in [0, 0.05) is 44.3 Å². The van der Waals surface area contributed by atoms with Crippen molar-refractivity contribution in [1.29, 1.82) is 0 Å². The Bertz CT molecular complexity index is 919. The summed E-state index contributed by atoms with van der Waals surface area (Å²) < 4.78 is 6.18. The molecule has 2 saturated heterocycles. The third-order valence-electron chi connectivity index (χ3n) is 8.07. The Morgan fingerprint density at radius 1 is 1.17 bits per heavy atom. The van der Waals surface area contributed by atoms with Gasteiger partial charge >= 0.3 is 0 Å². The van der Waals surface area contributed by atoms with E-state index in [1.807, 2.05) is 6.08 Å². The van der Waals surface area contributed by atoms with Crippen LogP contribution in [0.15, 0.2) is 40.5 Å². The molecular weight excluding hydrogens is 468 g/mol. The minimum Gasteiger partial charge on any atom is -0.494 e. The lowest BCUT2D eigenvalue weighted by Crippen LogP contribution is -2.41. The molecule has 5 nitrogen and oxygen atoms in total. The van der Waals surface area contributed by atoms with Crippen LogP contribution in [0, 0.1) is 25.7 Å². The number of benzene rings is 1. The first-order chi connectivity index (χ1) is 17.5. The Balaban J connectivity index is 1.17.